The SMILES string of the molecule is COc1cc(C(=O)c2ccoc2)nn1C. The minimum absolute atomic E-state index is 0.178. The van der Waals surface area contributed by atoms with Crippen molar-refractivity contribution in [1.82, 2.24) is 9.78 Å². The molecule has 0 aliphatic rings. The van der Waals surface area contributed by atoms with Crippen molar-refractivity contribution in [2.45, 2.75) is 0 Å². The molecule has 78 valence electrons. The second-order valence-electron chi connectivity index (χ2n) is 3.04. The lowest BCUT2D eigenvalue weighted by Gasteiger charge is -1.95. The zero-order valence-electron chi connectivity index (χ0n) is 8.43. The summed E-state index contributed by atoms with van der Waals surface area (Å²) in [6, 6.07) is 3.19. The van der Waals surface area contributed by atoms with E-state index in [9.17, 15) is 4.79 Å². The van der Waals surface area contributed by atoms with Crippen LogP contribution in [0.5, 0.6) is 5.88 Å². The van der Waals surface area contributed by atoms with Crippen LogP contribution in [-0.2, 0) is 7.05 Å². The molecular formula is C10H10N2O3. The van der Waals surface area contributed by atoms with Gasteiger partial charge in [-0.2, -0.15) is 5.10 Å². The number of rotatable bonds is 3. The Kier molecular flexibility index (Phi) is 2.29. The first-order chi connectivity index (χ1) is 7.22. The molecule has 0 saturated carbocycles. The molecule has 0 radical (unpaired) electrons. The van der Waals surface area contributed by atoms with Crippen molar-refractivity contribution in [2.75, 3.05) is 7.11 Å². The number of aromatic nitrogens is 2. The maximum Gasteiger partial charge on any atom is 0.216 e. The van der Waals surface area contributed by atoms with Gasteiger partial charge in [0, 0.05) is 13.1 Å². The maximum atomic E-state index is 11.8. The number of furan rings is 1. The molecule has 2 rings (SSSR count). The number of ether oxygens (including phenoxy) is 1. The molecule has 15 heavy (non-hydrogen) atoms. The van der Waals surface area contributed by atoms with Crippen molar-refractivity contribution in [3.05, 3.63) is 35.9 Å². The molecule has 5 heteroatoms. The zero-order valence-corrected chi connectivity index (χ0v) is 8.43. The fourth-order valence-corrected chi connectivity index (χ4v) is 1.29. The van der Waals surface area contributed by atoms with Gasteiger partial charge in [0.05, 0.1) is 18.9 Å². The Bertz CT molecular complexity index is 471. The fourth-order valence-electron chi connectivity index (χ4n) is 1.29. The van der Waals surface area contributed by atoms with E-state index in [1.54, 1.807) is 19.2 Å². The van der Waals surface area contributed by atoms with Crippen LogP contribution in [0.25, 0.3) is 0 Å². The summed E-state index contributed by atoms with van der Waals surface area (Å²) >= 11 is 0. The third-order valence-corrected chi connectivity index (χ3v) is 2.06. The predicted octanol–water partition coefficient (Wildman–Crippen LogP) is 1.25. The Morgan fingerprint density at radius 2 is 2.40 bits per heavy atom. The summed E-state index contributed by atoms with van der Waals surface area (Å²) in [4.78, 5) is 11.8. The van der Waals surface area contributed by atoms with Crippen LogP contribution in [0.1, 0.15) is 16.1 Å². The molecule has 0 unspecified atom stereocenters. The molecule has 2 aromatic heterocycles. The Hall–Kier alpha value is -2.04. The average Bonchev–Trinajstić information content (AvgIpc) is 2.85. The normalized spacial score (nSPS) is 10.3. The highest BCUT2D eigenvalue weighted by Crippen LogP contribution is 2.15. The monoisotopic (exact) mass is 206 g/mol. The highest BCUT2D eigenvalue weighted by atomic mass is 16.5. The lowest BCUT2D eigenvalue weighted by atomic mass is 10.2. The lowest BCUT2D eigenvalue weighted by molar-refractivity contribution is 0.103. The summed E-state index contributed by atoms with van der Waals surface area (Å²) in [6.07, 6.45) is 2.84. The van der Waals surface area contributed by atoms with Crippen molar-refractivity contribution in [1.29, 1.82) is 0 Å². The summed E-state index contributed by atoms with van der Waals surface area (Å²) in [5.41, 5.74) is 0.825. The summed E-state index contributed by atoms with van der Waals surface area (Å²) < 4.78 is 11.4. The van der Waals surface area contributed by atoms with Crippen LogP contribution >= 0.6 is 0 Å². The third kappa shape index (κ3) is 1.63. The molecule has 5 nitrogen and oxygen atoms in total. The van der Waals surface area contributed by atoms with Crippen molar-refractivity contribution in [2.24, 2.45) is 7.05 Å². The van der Waals surface area contributed by atoms with Gasteiger partial charge in [0.2, 0.25) is 11.7 Å². The number of hydrogen-bond acceptors (Lipinski definition) is 4. The standard InChI is InChI=1S/C10H10N2O3/c1-12-9(14-2)5-8(11-12)10(13)7-3-4-15-6-7/h3-6H,1-2H3. The molecule has 0 aromatic carbocycles. The second-order valence-corrected chi connectivity index (χ2v) is 3.04. The second kappa shape index (κ2) is 3.61. The number of aryl methyl sites for hydroxylation is 1. The molecule has 0 aliphatic carbocycles. The molecule has 0 fully saturated rings. The molecule has 0 aliphatic heterocycles. The van der Waals surface area contributed by atoms with Crippen molar-refractivity contribution in [3.63, 3.8) is 0 Å². The van der Waals surface area contributed by atoms with Crippen LogP contribution in [0.3, 0.4) is 0 Å². The van der Waals surface area contributed by atoms with Gasteiger partial charge in [0.1, 0.15) is 12.0 Å². The smallest absolute Gasteiger partial charge is 0.216 e. The molecular weight excluding hydrogens is 196 g/mol. The Morgan fingerprint density at radius 1 is 1.60 bits per heavy atom. The van der Waals surface area contributed by atoms with Crippen LogP contribution in [0.15, 0.2) is 29.1 Å². The Labute approximate surface area is 86.3 Å². The van der Waals surface area contributed by atoms with E-state index < -0.39 is 0 Å². The number of ketones is 1. The Balaban J connectivity index is 2.34. The van der Waals surface area contributed by atoms with Crippen LogP contribution in [-0.4, -0.2) is 22.7 Å². The van der Waals surface area contributed by atoms with Gasteiger partial charge < -0.3 is 9.15 Å². The molecule has 0 N–H and O–H groups in total. The van der Waals surface area contributed by atoms with E-state index in [4.69, 9.17) is 9.15 Å². The highest BCUT2D eigenvalue weighted by molar-refractivity contribution is 6.07. The van der Waals surface area contributed by atoms with Gasteiger partial charge >= 0.3 is 0 Å². The third-order valence-electron chi connectivity index (χ3n) is 2.06. The highest BCUT2D eigenvalue weighted by Gasteiger charge is 2.15. The van der Waals surface area contributed by atoms with Crippen molar-refractivity contribution in [3.8, 4) is 5.88 Å². The summed E-state index contributed by atoms with van der Waals surface area (Å²) in [7, 11) is 3.24. The van der Waals surface area contributed by atoms with Crippen LogP contribution < -0.4 is 4.74 Å². The summed E-state index contributed by atoms with van der Waals surface area (Å²) in [6.45, 7) is 0. The number of hydrogen-bond donors (Lipinski definition) is 0. The predicted molar refractivity (Wildman–Crippen MR) is 51.9 cm³/mol. The van der Waals surface area contributed by atoms with Gasteiger partial charge in [-0.3, -0.25) is 4.79 Å². The van der Waals surface area contributed by atoms with Gasteiger partial charge in [-0.05, 0) is 6.07 Å². The lowest BCUT2D eigenvalue weighted by Crippen LogP contribution is -2.01. The molecule has 2 aromatic rings. The number of carbonyl (C=O) groups is 1. The molecule has 2 heterocycles. The van der Waals surface area contributed by atoms with Crippen LogP contribution in [0, 0.1) is 0 Å². The van der Waals surface area contributed by atoms with E-state index in [0.717, 1.165) is 0 Å². The van der Waals surface area contributed by atoms with Gasteiger partial charge in [0.25, 0.3) is 0 Å². The first-order valence-corrected chi connectivity index (χ1v) is 4.37. The quantitative estimate of drug-likeness (QED) is 0.709. The maximum absolute atomic E-state index is 11.8. The summed E-state index contributed by atoms with van der Waals surface area (Å²) in [5, 5.41) is 4.04. The zero-order chi connectivity index (χ0) is 10.8. The van der Waals surface area contributed by atoms with E-state index in [1.165, 1.54) is 24.3 Å². The van der Waals surface area contributed by atoms with Crippen molar-refractivity contribution < 1.29 is 13.9 Å². The van der Waals surface area contributed by atoms with Crippen LogP contribution in [0.4, 0.5) is 0 Å². The minimum atomic E-state index is -0.178. The first-order valence-electron chi connectivity index (χ1n) is 4.37. The summed E-state index contributed by atoms with van der Waals surface area (Å²) in [5.74, 6) is 0.365. The molecule has 0 bridgehead atoms. The largest absolute Gasteiger partial charge is 0.481 e. The molecule has 0 amide bonds. The molecule has 0 spiro atoms. The number of nitrogens with zero attached hydrogens (tertiary/aromatic N) is 2. The molecule has 0 saturated heterocycles. The first kappa shape index (κ1) is 9.51. The van der Waals surface area contributed by atoms with E-state index >= 15 is 0 Å². The topological polar surface area (TPSA) is 57.3 Å². The van der Waals surface area contributed by atoms with E-state index in [1.807, 2.05) is 0 Å². The minimum Gasteiger partial charge on any atom is -0.481 e. The number of methoxy groups -OCH3 is 1. The van der Waals surface area contributed by atoms with Crippen molar-refractivity contribution >= 4 is 5.78 Å². The van der Waals surface area contributed by atoms with Gasteiger partial charge in [0.15, 0.2) is 0 Å². The van der Waals surface area contributed by atoms with E-state index in [0.29, 0.717) is 17.1 Å². The molecule has 0 atom stereocenters. The van der Waals surface area contributed by atoms with Crippen LogP contribution in [0.2, 0.25) is 0 Å². The van der Waals surface area contributed by atoms with Gasteiger partial charge in [-0.1, -0.05) is 0 Å². The Morgan fingerprint density at radius 3 is 2.93 bits per heavy atom. The average molecular weight is 206 g/mol. The van der Waals surface area contributed by atoms with E-state index in [2.05, 4.69) is 5.10 Å². The number of carbonyl (C=O) groups excluding carboxylic acids is 1. The van der Waals surface area contributed by atoms with Gasteiger partial charge in [-0.15, -0.1) is 0 Å². The van der Waals surface area contributed by atoms with Gasteiger partial charge in [-0.25, -0.2) is 4.68 Å². The fraction of sp³-hybridized carbons (Fsp3) is 0.200. The van der Waals surface area contributed by atoms with E-state index in [-0.39, 0.29) is 5.78 Å².